The summed E-state index contributed by atoms with van der Waals surface area (Å²) in [6, 6.07) is 9.70. The van der Waals surface area contributed by atoms with E-state index in [9.17, 15) is 4.79 Å². The molecule has 4 nitrogen and oxygen atoms in total. The Morgan fingerprint density at radius 3 is 2.62 bits per heavy atom. The Kier molecular flexibility index (Phi) is 9.33. The van der Waals surface area contributed by atoms with E-state index < -0.39 is 5.97 Å². The third-order valence-electron chi connectivity index (χ3n) is 2.55. The number of ether oxygens (including phenoxy) is 3. The summed E-state index contributed by atoms with van der Waals surface area (Å²) in [4.78, 5) is 11.2. The number of carbonyl (C=O) groups is 1. The molecular weight excluding hydrogens is 292 g/mol. The second kappa shape index (κ2) is 11.2. The van der Waals surface area contributed by atoms with Crippen LogP contribution >= 0.6 is 11.6 Å². The van der Waals surface area contributed by atoms with Gasteiger partial charge in [-0.05, 0) is 38.0 Å². The van der Waals surface area contributed by atoms with E-state index in [2.05, 4.69) is 0 Å². The summed E-state index contributed by atoms with van der Waals surface area (Å²) in [7, 11) is 0. The minimum absolute atomic E-state index is 0.0595. The Bertz CT molecular complexity index is 431. The summed E-state index contributed by atoms with van der Waals surface area (Å²) in [5.41, 5.74) is 0. The van der Waals surface area contributed by atoms with Gasteiger partial charge in [-0.25, -0.2) is 4.79 Å². The van der Waals surface area contributed by atoms with E-state index in [1.165, 1.54) is 6.08 Å². The van der Waals surface area contributed by atoms with Crippen LogP contribution in [0.15, 0.2) is 41.4 Å². The second-order valence-electron chi connectivity index (χ2n) is 4.22. The van der Waals surface area contributed by atoms with Crippen molar-refractivity contribution >= 4 is 17.6 Å². The zero-order valence-electron chi connectivity index (χ0n) is 12.2. The van der Waals surface area contributed by atoms with E-state index >= 15 is 0 Å². The van der Waals surface area contributed by atoms with Crippen molar-refractivity contribution < 1.29 is 19.0 Å². The normalized spacial score (nSPS) is 11.2. The van der Waals surface area contributed by atoms with Crippen LogP contribution in [0.3, 0.4) is 0 Å². The number of hydrogen-bond acceptors (Lipinski definition) is 4. The number of rotatable bonds is 10. The Labute approximate surface area is 130 Å². The fourth-order valence-electron chi connectivity index (χ4n) is 1.51. The highest BCUT2D eigenvalue weighted by Gasteiger charge is 2.05. The van der Waals surface area contributed by atoms with Gasteiger partial charge < -0.3 is 14.2 Å². The largest absolute Gasteiger partial charge is 0.494 e. The lowest BCUT2D eigenvalue weighted by Gasteiger charge is -2.06. The van der Waals surface area contributed by atoms with Gasteiger partial charge in [-0.1, -0.05) is 29.8 Å². The van der Waals surface area contributed by atoms with Crippen LogP contribution in [-0.4, -0.2) is 32.4 Å². The van der Waals surface area contributed by atoms with Gasteiger partial charge in [-0.3, -0.25) is 0 Å². The number of carbonyl (C=O) groups excluding carboxylic acids is 1. The summed E-state index contributed by atoms with van der Waals surface area (Å²) in [6.45, 7) is 3.60. The molecule has 0 aromatic heterocycles. The molecule has 0 heterocycles. The van der Waals surface area contributed by atoms with E-state index in [4.69, 9.17) is 25.8 Å². The first-order valence-corrected chi connectivity index (χ1v) is 7.40. The maximum absolute atomic E-state index is 11.2. The molecule has 0 fully saturated rings. The summed E-state index contributed by atoms with van der Waals surface area (Å²) in [5, 5.41) is 0.0595. The molecule has 0 aliphatic heterocycles. The summed E-state index contributed by atoms with van der Waals surface area (Å²) < 4.78 is 15.7. The molecule has 21 heavy (non-hydrogen) atoms. The molecule has 0 N–H and O–H groups in total. The lowest BCUT2D eigenvalue weighted by molar-refractivity contribution is -0.137. The molecule has 0 aliphatic rings. The van der Waals surface area contributed by atoms with E-state index in [-0.39, 0.29) is 5.03 Å². The van der Waals surface area contributed by atoms with Gasteiger partial charge in [0.25, 0.3) is 0 Å². The third kappa shape index (κ3) is 8.38. The van der Waals surface area contributed by atoms with Crippen molar-refractivity contribution in [2.45, 2.75) is 19.8 Å². The van der Waals surface area contributed by atoms with E-state index in [1.807, 2.05) is 30.3 Å². The maximum atomic E-state index is 11.2. The first-order valence-electron chi connectivity index (χ1n) is 7.02. The summed E-state index contributed by atoms with van der Waals surface area (Å²) in [5.74, 6) is 0.363. The van der Waals surface area contributed by atoms with Crippen molar-refractivity contribution in [1.29, 1.82) is 0 Å². The molecule has 0 spiro atoms. The van der Waals surface area contributed by atoms with Gasteiger partial charge in [-0.15, -0.1) is 0 Å². The van der Waals surface area contributed by atoms with Gasteiger partial charge in [0.2, 0.25) is 0 Å². The van der Waals surface area contributed by atoms with Crippen LogP contribution in [0.1, 0.15) is 19.8 Å². The minimum atomic E-state index is -0.515. The van der Waals surface area contributed by atoms with Gasteiger partial charge in [0.1, 0.15) is 10.8 Å². The fourth-order valence-corrected chi connectivity index (χ4v) is 1.63. The molecule has 1 aromatic rings. The van der Waals surface area contributed by atoms with E-state index in [1.54, 1.807) is 6.92 Å². The molecule has 0 bridgehead atoms. The van der Waals surface area contributed by atoms with E-state index in [0.29, 0.717) is 26.4 Å². The summed E-state index contributed by atoms with van der Waals surface area (Å²) >= 11 is 5.73. The first kappa shape index (κ1) is 17.5. The molecule has 0 amide bonds. The number of para-hydroxylation sites is 1. The Hall–Kier alpha value is -1.52. The van der Waals surface area contributed by atoms with Crippen LogP contribution in [0, 0.1) is 0 Å². The lowest BCUT2D eigenvalue weighted by atomic mass is 10.3. The molecule has 0 unspecified atom stereocenters. The van der Waals surface area contributed by atoms with Crippen LogP contribution in [0.25, 0.3) is 0 Å². The van der Waals surface area contributed by atoms with Crippen LogP contribution < -0.4 is 4.74 Å². The van der Waals surface area contributed by atoms with Crippen LogP contribution in [0.5, 0.6) is 5.75 Å². The van der Waals surface area contributed by atoms with Crippen LogP contribution in [0.2, 0.25) is 0 Å². The number of benzene rings is 1. The molecule has 5 heteroatoms. The van der Waals surface area contributed by atoms with Gasteiger partial charge in [0, 0.05) is 6.61 Å². The fraction of sp³-hybridized carbons (Fsp3) is 0.438. The zero-order chi connectivity index (χ0) is 15.3. The molecule has 0 radical (unpaired) electrons. The van der Waals surface area contributed by atoms with Gasteiger partial charge in [-0.2, -0.15) is 0 Å². The number of hydrogen-bond donors (Lipinski definition) is 0. The van der Waals surface area contributed by atoms with Crippen LogP contribution in [-0.2, 0) is 14.3 Å². The highest BCUT2D eigenvalue weighted by molar-refractivity contribution is 6.41. The lowest BCUT2D eigenvalue weighted by Crippen LogP contribution is -2.05. The molecule has 0 saturated heterocycles. The number of unbranched alkanes of at least 4 members (excludes halogenated alkanes) is 1. The van der Waals surface area contributed by atoms with Gasteiger partial charge >= 0.3 is 5.97 Å². The quantitative estimate of drug-likeness (QED) is 0.376. The average molecular weight is 313 g/mol. The summed E-state index contributed by atoms with van der Waals surface area (Å²) in [6.07, 6.45) is 3.31. The first-order chi connectivity index (χ1) is 10.2. The molecule has 0 saturated carbocycles. The predicted octanol–water partition coefficient (Wildman–Crippen LogP) is 3.55. The van der Waals surface area contributed by atoms with Gasteiger partial charge in [0.05, 0.1) is 19.8 Å². The predicted molar refractivity (Wildman–Crippen MR) is 82.6 cm³/mol. The highest BCUT2D eigenvalue weighted by Crippen LogP contribution is 2.09. The van der Waals surface area contributed by atoms with Crippen molar-refractivity contribution in [3.63, 3.8) is 0 Å². The Morgan fingerprint density at radius 1 is 1.19 bits per heavy atom. The van der Waals surface area contributed by atoms with Crippen molar-refractivity contribution in [1.82, 2.24) is 0 Å². The van der Waals surface area contributed by atoms with Crippen LogP contribution in [0.4, 0.5) is 0 Å². The number of esters is 1. The van der Waals surface area contributed by atoms with Crippen molar-refractivity contribution in [2.75, 3.05) is 26.4 Å². The maximum Gasteiger partial charge on any atom is 0.349 e. The van der Waals surface area contributed by atoms with Crippen molar-refractivity contribution in [2.24, 2.45) is 0 Å². The standard InChI is InChI=1S/C16H21ClO4/c1-2-20-16(18)15(17)10-13-19-11-6-7-12-21-14-8-4-3-5-9-14/h3-5,8-10H,2,6-7,11-13H2,1H3. The molecule has 116 valence electrons. The number of halogens is 1. The molecule has 0 atom stereocenters. The molecule has 1 rings (SSSR count). The Morgan fingerprint density at radius 2 is 1.90 bits per heavy atom. The van der Waals surface area contributed by atoms with Crippen molar-refractivity contribution in [3.05, 3.63) is 41.4 Å². The van der Waals surface area contributed by atoms with Crippen molar-refractivity contribution in [3.8, 4) is 5.75 Å². The Balaban J connectivity index is 2.00. The monoisotopic (exact) mass is 312 g/mol. The van der Waals surface area contributed by atoms with Gasteiger partial charge in [0.15, 0.2) is 0 Å². The second-order valence-corrected chi connectivity index (χ2v) is 4.62. The molecule has 1 aromatic carbocycles. The minimum Gasteiger partial charge on any atom is -0.494 e. The topological polar surface area (TPSA) is 44.8 Å². The molecular formula is C16H21ClO4. The molecule has 0 aliphatic carbocycles. The third-order valence-corrected chi connectivity index (χ3v) is 2.85. The average Bonchev–Trinajstić information content (AvgIpc) is 2.51. The zero-order valence-corrected chi connectivity index (χ0v) is 13.0. The SMILES string of the molecule is CCOC(=O)C(Cl)=CCOCCCCOc1ccccc1. The van der Waals surface area contributed by atoms with E-state index in [0.717, 1.165) is 18.6 Å². The smallest absolute Gasteiger partial charge is 0.349 e. The highest BCUT2D eigenvalue weighted by atomic mass is 35.5.